The first-order chi connectivity index (χ1) is 10.9. The Balaban J connectivity index is 2.28. The van der Waals surface area contributed by atoms with E-state index in [4.69, 9.17) is 4.74 Å². The average molecular weight is 315 g/mol. The molecule has 0 aliphatic heterocycles. The number of nitrogens with one attached hydrogen (secondary N) is 1. The van der Waals surface area contributed by atoms with E-state index in [0.717, 1.165) is 10.8 Å². The fourth-order valence-corrected chi connectivity index (χ4v) is 2.47. The van der Waals surface area contributed by atoms with E-state index in [1.54, 1.807) is 12.1 Å². The summed E-state index contributed by atoms with van der Waals surface area (Å²) >= 11 is 0. The van der Waals surface area contributed by atoms with Crippen LogP contribution in [0, 0.1) is 5.92 Å². The van der Waals surface area contributed by atoms with Gasteiger partial charge in [-0.1, -0.05) is 38.1 Å². The second-order valence-electron chi connectivity index (χ2n) is 5.90. The smallest absolute Gasteiger partial charge is 0.328 e. The number of carbonyl (C=O) groups excluding carboxylic acids is 2. The van der Waals surface area contributed by atoms with E-state index in [-0.39, 0.29) is 17.2 Å². The molecular formula is C18H21NO4. The third-order valence-corrected chi connectivity index (χ3v) is 3.61. The maximum atomic E-state index is 12.4. The monoisotopic (exact) mass is 315 g/mol. The van der Waals surface area contributed by atoms with Gasteiger partial charge in [0.1, 0.15) is 11.8 Å². The summed E-state index contributed by atoms with van der Waals surface area (Å²) < 4.78 is 4.73. The van der Waals surface area contributed by atoms with Crippen molar-refractivity contribution < 1.29 is 19.4 Å². The molecule has 2 N–H and O–H groups in total. The lowest BCUT2D eigenvalue weighted by molar-refractivity contribution is -0.143. The molecule has 0 bridgehead atoms. The van der Waals surface area contributed by atoms with E-state index in [1.807, 2.05) is 38.1 Å². The zero-order valence-corrected chi connectivity index (χ0v) is 13.5. The van der Waals surface area contributed by atoms with Crippen LogP contribution >= 0.6 is 0 Å². The van der Waals surface area contributed by atoms with Crippen molar-refractivity contribution in [3.8, 4) is 5.75 Å². The van der Waals surface area contributed by atoms with Gasteiger partial charge in [-0.15, -0.1) is 0 Å². The highest BCUT2D eigenvalue weighted by molar-refractivity contribution is 6.02. The molecule has 1 unspecified atom stereocenters. The van der Waals surface area contributed by atoms with Gasteiger partial charge in [-0.05, 0) is 35.2 Å². The first-order valence-corrected chi connectivity index (χ1v) is 7.52. The van der Waals surface area contributed by atoms with Gasteiger partial charge in [-0.25, -0.2) is 4.79 Å². The first kappa shape index (κ1) is 16.8. The molecular weight excluding hydrogens is 294 g/mol. The highest BCUT2D eigenvalue weighted by atomic mass is 16.5. The Bertz CT molecular complexity index is 724. The first-order valence-electron chi connectivity index (χ1n) is 7.52. The van der Waals surface area contributed by atoms with Crippen molar-refractivity contribution in [1.82, 2.24) is 5.32 Å². The highest BCUT2D eigenvalue weighted by Gasteiger charge is 2.24. The minimum Gasteiger partial charge on any atom is -0.507 e. The summed E-state index contributed by atoms with van der Waals surface area (Å²) in [5.74, 6) is -0.893. The van der Waals surface area contributed by atoms with E-state index in [2.05, 4.69) is 5.32 Å². The van der Waals surface area contributed by atoms with Gasteiger partial charge in [-0.3, -0.25) is 4.79 Å². The minimum atomic E-state index is -0.738. The molecule has 2 aromatic rings. The maximum absolute atomic E-state index is 12.4. The molecule has 5 heteroatoms. The summed E-state index contributed by atoms with van der Waals surface area (Å²) in [5.41, 5.74) is 0.140. The summed E-state index contributed by atoms with van der Waals surface area (Å²) in [6.45, 7) is 3.91. The zero-order valence-electron chi connectivity index (χ0n) is 13.5. The molecule has 5 nitrogen and oxygen atoms in total. The van der Waals surface area contributed by atoms with Crippen molar-refractivity contribution in [2.24, 2.45) is 5.92 Å². The molecule has 0 aromatic heterocycles. The Kier molecular flexibility index (Phi) is 5.21. The SMILES string of the molecule is COC(=O)C(CC(C)C)NC(=O)c1cc2ccccc2cc1O. The molecule has 1 atom stereocenters. The van der Waals surface area contributed by atoms with Crippen LogP contribution in [0.3, 0.4) is 0 Å². The van der Waals surface area contributed by atoms with Gasteiger partial charge in [0.25, 0.3) is 5.91 Å². The molecule has 2 rings (SSSR count). The molecule has 0 radical (unpaired) electrons. The maximum Gasteiger partial charge on any atom is 0.328 e. The number of carbonyl (C=O) groups is 2. The summed E-state index contributed by atoms with van der Waals surface area (Å²) in [4.78, 5) is 24.3. The molecule has 0 aliphatic rings. The van der Waals surface area contributed by atoms with Crippen molar-refractivity contribution in [2.45, 2.75) is 26.3 Å². The second-order valence-corrected chi connectivity index (χ2v) is 5.90. The van der Waals surface area contributed by atoms with E-state index in [1.165, 1.54) is 7.11 Å². The lowest BCUT2D eigenvalue weighted by Gasteiger charge is -2.18. The molecule has 0 fully saturated rings. The predicted molar refractivity (Wildman–Crippen MR) is 88.3 cm³/mol. The van der Waals surface area contributed by atoms with E-state index in [0.29, 0.717) is 6.42 Å². The second kappa shape index (κ2) is 7.13. The number of fused-ring (bicyclic) bond motifs is 1. The molecule has 0 heterocycles. The quantitative estimate of drug-likeness (QED) is 0.832. The number of ether oxygens (including phenoxy) is 1. The van der Waals surface area contributed by atoms with Crippen molar-refractivity contribution >= 4 is 22.6 Å². The van der Waals surface area contributed by atoms with E-state index < -0.39 is 17.9 Å². The van der Waals surface area contributed by atoms with Crippen LogP contribution < -0.4 is 5.32 Å². The lowest BCUT2D eigenvalue weighted by atomic mass is 10.0. The number of methoxy groups -OCH3 is 1. The minimum absolute atomic E-state index is 0.116. The summed E-state index contributed by atoms with van der Waals surface area (Å²) in [7, 11) is 1.29. The van der Waals surface area contributed by atoms with Crippen LogP contribution in [-0.2, 0) is 9.53 Å². The zero-order chi connectivity index (χ0) is 17.0. The van der Waals surface area contributed by atoms with Crippen molar-refractivity contribution in [3.05, 3.63) is 42.0 Å². The Labute approximate surface area is 135 Å². The Morgan fingerprint density at radius 2 is 1.78 bits per heavy atom. The van der Waals surface area contributed by atoms with Crippen LogP contribution in [0.25, 0.3) is 10.8 Å². The van der Waals surface area contributed by atoms with E-state index >= 15 is 0 Å². The molecule has 1 amide bonds. The Morgan fingerprint density at radius 1 is 1.17 bits per heavy atom. The number of hydrogen-bond acceptors (Lipinski definition) is 4. The van der Waals surface area contributed by atoms with Crippen LogP contribution in [0.4, 0.5) is 0 Å². The number of esters is 1. The van der Waals surface area contributed by atoms with Gasteiger partial charge >= 0.3 is 5.97 Å². The van der Waals surface area contributed by atoms with Crippen LogP contribution in [0.15, 0.2) is 36.4 Å². The van der Waals surface area contributed by atoms with Gasteiger partial charge in [0.15, 0.2) is 0 Å². The number of amides is 1. The van der Waals surface area contributed by atoms with Crippen molar-refractivity contribution in [1.29, 1.82) is 0 Å². The number of benzene rings is 2. The molecule has 0 saturated carbocycles. The Hall–Kier alpha value is -2.56. The lowest BCUT2D eigenvalue weighted by Crippen LogP contribution is -2.42. The number of phenolic OH excluding ortho intramolecular Hbond substituents is 1. The van der Waals surface area contributed by atoms with Crippen LogP contribution in [-0.4, -0.2) is 30.1 Å². The van der Waals surface area contributed by atoms with Gasteiger partial charge < -0.3 is 15.2 Å². The van der Waals surface area contributed by atoms with Gasteiger partial charge in [0.2, 0.25) is 0 Å². The number of hydrogen-bond donors (Lipinski definition) is 2. The average Bonchev–Trinajstić information content (AvgIpc) is 2.52. The molecule has 0 spiro atoms. The summed E-state index contributed by atoms with van der Waals surface area (Å²) in [6.07, 6.45) is 0.465. The largest absolute Gasteiger partial charge is 0.507 e. The normalized spacial score (nSPS) is 12.2. The van der Waals surface area contributed by atoms with Gasteiger partial charge in [-0.2, -0.15) is 0 Å². The topological polar surface area (TPSA) is 75.6 Å². The standard InChI is InChI=1S/C18H21NO4/c1-11(2)8-15(18(22)23-3)19-17(21)14-9-12-6-4-5-7-13(12)10-16(14)20/h4-7,9-11,15,20H,8H2,1-3H3,(H,19,21). The predicted octanol–water partition coefficient (Wildman–Crippen LogP) is 2.86. The fourth-order valence-electron chi connectivity index (χ4n) is 2.47. The molecule has 23 heavy (non-hydrogen) atoms. The molecule has 0 aliphatic carbocycles. The Morgan fingerprint density at radius 3 is 2.35 bits per heavy atom. The van der Waals surface area contributed by atoms with Crippen LogP contribution in [0.1, 0.15) is 30.6 Å². The highest BCUT2D eigenvalue weighted by Crippen LogP contribution is 2.25. The summed E-state index contributed by atoms with van der Waals surface area (Å²) in [5, 5.41) is 14.4. The molecule has 0 saturated heterocycles. The van der Waals surface area contributed by atoms with Gasteiger partial charge in [0, 0.05) is 0 Å². The van der Waals surface area contributed by atoms with Crippen molar-refractivity contribution in [3.63, 3.8) is 0 Å². The number of phenols is 1. The van der Waals surface area contributed by atoms with Crippen molar-refractivity contribution in [2.75, 3.05) is 7.11 Å². The number of aromatic hydroxyl groups is 1. The molecule has 2 aromatic carbocycles. The fraction of sp³-hybridized carbons (Fsp3) is 0.333. The number of rotatable bonds is 5. The van der Waals surface area contributed by atoms with Crippen LogP contribution in [0.2, 0.25) is 0 Å². The third kappa shape index (κ3) is 4.00. The van der Waals surface area contributed by atoms with E-state index in [9.17, 15) is 14.7 Å². The third-order valence-electron chi connectivity index (χ3n) is 3.61. The molecule has 122 valence electrons. The van der Waals surface area contributed by atoms with Crippen LogP contribution in [0.5, 0.6) is 5.75 Å². The summed E-state index contributed by atoms with van der Waals surface area (Å²) in [6, 6.07) is 9.85. The van der Waals surface area contributed by atoms with Gasteiger partial charge in [0.05, 0.1) is 12.7 Å².